The number of esters is 1. The summed E-state index contributed by atoms with van der Waals surface area (Å²) in [5.74, 6) is -1.06. The van der Waals surface area contributed by atoms with Crippen LogP contribution in [0.4, 0.5) is 11.4 Å². The maximum atomic E-state index is 12.2. The molecule has 0 aliphatic carbocycles. The predicted molar refractivity (Wildman–Crippen MR) is 118 cm³/mol. The zero-order valence-corrected chi connectivity index (χ0v) is 17.0. The summed E-state index contributed by atoms with van der Waals surface area (Å²) >= 11 is 0. The number of carbonyl (C=O) groups excluding carboxylic acids is 3. The first-order chi connectivity index (χ1) is 15.0. The lowest BCUT2D eigenvalue weighted by molar-refractivity contribution is -0.142. The number of ether oxygens (including phenoxy) is 2. The van der Waals surface area contributed by atoms with Crippen LogP contribution in [0.25, 0.3) is 17.0 Å². The van der Waals surface area contributed by atoms with E-state index in [2.05, 4.69) is 15.6 Å². The van der Waals surface area contributed by atoms with E-state index in [9.17, 15) is 14.4 Å². The molecule has 2 amide bonds. The monoisotopic (exact) mass is 419 g/mol. The second-order valence-corrected chi connectivity index (χ2v) is 6.51. The van der Waals surface area contributed by atoms with Crippen molar-refractivity contribution in [2.24, 2.45) is 0 Å². The van der Waals surface area contributed by atoms with Gasteiger partial charge in [0, 0.05) is 35.8 Å². The molecule has 0 fully saturated rings. The van der Waals surface area contributed by atoms with Gasteiger partial charge in [0.1, 0.15) is 5.75 Å². The largest absolute Gasteiger partial charge is 0.495 e. The average molecular weight is 419 g/mol. The normalized spacial score (nSPS) is 10.6. The summed E-state index contributed by atoms with van der Waals surface area (Å²) < 4.78 is 10.2. The molecule has 0 aliphatic rings. The third kappa shape index (κ3) is 5.89. The number of nitrogens with zero attached hydrogens (tertiary/aromatic N) is 1. The highest BCUT2D eigenvalue weighted by atomic mass is 16.5. The Labute approximate surface area is 178 Å². The van der Waals surface area contributed by atoms with Crippen LogP contribution in [0.3, 0.4) is 0 Å². The zero-order valence-electron chi connectivity index (χ0n) is 17.0. The molecule has 3 aromatic rings. The first-order valence-corrected chi connectivity index (χ1v) is 9.40. The van der Waals surface area contributed by atoms with Crippen LogP contribution < -0.4 is 15.4 Å². The molecule has 2 N–H and O–H groups in total. The van der Waals surface area contributed by atoms with Crippen molar-refractivity contribution >= 4 is 46.1 Å². The van der Waals surface area contributed by atoms with Gasteiger partial charge in [0.05, 0.1) is 18.3 Å². The lowest BCUT2D eigenvalue weighted by Gasteiger charge is -2.12. The van der Waals surface area contributed by atoms with E-state index >= 15 is 0 Å². The topological polar surface area (TPSA) is 107 Å². The SMILES string of the molecule is COc1ccc(NC(C)=O)cc1NC(=O)COC(=O)/C=C/c1cccc2cccnc12. The fourth-order valence-electron chi connectivity index (χ4n) is 2.88. The quantitative estimate of drug-likeness (QED) is 0.449. The van der Waals surface area contributed by atoms with Crippen molar-refractivity contribution in [1.29, 1.82) is 0 Å². The van der Waals surface area contributed by atoms with Crippen LogP contribution >= 0.6 is 0 Å². The molecular formula is C23H21N3O5. The van der Waals surface area contributed by atoms with Gasteiger partial charge < -0.3 is 20.1 Å². The van der Waals surface area contributed by atoms with Crippen molar-refractivity contribution in [2.45, 2.75) is 6.92 Å². The first-order valence-electron chi connectivity index (χ1n) is 9.40. The number of amides is 2. The van der Waals surface area contributed by atoms with Gasteiger partial charge in [-0.05, 0) is 30.3 Å². The van der Waals surface area contributed by atoms with Crippen LogP contribution in [-0.4, -0.2) is 36.5 Å². The second kappa shape index (κ2) is 10.0. The van der Waals surface area contributed by atoms with Crippen LogP contribution in [0, 0.1) is 0 Å². The summed E-state index contributed by atoms with van der Waals surface area (Å²) in [5, 5.41) is 6.17. The van der Waals surface area contributed by atoms with Crippen LogP contribution in [0.5, 0.6) is 5.75 Å². The molecule has 0 unspecified atom stereocenters. The van der Waals surface area contributed by atoms with Crippen LogP contribution in [0.15, 0.2) is 60.8 Å². The molecule has 3 rings (SSSR count). The van der Waals surface area contributed by atoms with Gasteiger partial charge in [-0.25, -0.2) is 4.79 Å². The Kier molecular flexibility index (Phi) is 6.95. The number of anilines is 2. The van der Waals surface area contributed by atoms with E-state index in [0.29, 0.717) is 17.1 Å². The van der Waals surface area contributed by atoms with E-state index in [-0.39, 0.29) is 5.91 Å². The molecule has 2 aromatic carbocycles. The van der Waals surface area contributed by atoms with Crippen LogP contribution in [0.1, 0.15) is 12.5 Å². The fourth-order valence-corrected chi connectivity index (χ4v) is 2.88. The standard InChI is InChI=1S/C23H21N3O5/c1-15(27)25-18-9-10-20(30-2)19(13-18)26-21(28)14-31-22(29)11-8-17-6-3-5-16-7-4-12-24-23(16)17/h3-13H,14H2,1-2H3,(H,25,27)(H,26,28)/b11-8+. The lowest BCUT2D eigenvalue weighted by Crippen LogP contribution is -2.20. The highest BCUT2D eigenvalue weighted by Gasteiger charge is 2.11. The van der Waals surface area contributed by atoms with Crippen LogP contribution in [-0.2, 0) is 19.1 Å². The summed E-state index contributed by atoms with van der Waals surface area (Å²) in [6.45, 7) is 0.897. The van der Waals surface area contributed by atoms with E-state index in [1.165, 1.54) is 20.1 Å². The van der Waals surface area contributed by atoms with Gasteiger partial charge in [0.2, 0.25) is 5.91 Å². The molecule has 0 spiro atoms. The lowest BCUT2D eigenvalue weighted by atomic mass is 10.1. The predicted octanol–water partition coefficient (Wildman–Crippen LogP) is 3.40. The van der Waals surface area contributed by atoms with Crippen LogP contribution in [0.2, 0.25) is 0 Å². The number of rotatable bonds is 7. The number of hydrogen-bond donors (Lipinski definition) is 2. The number of methoxy groups -OCH3 is 1. The third-order valence-electron chi connectivity index (χ3n) is 4.20. The van der Waals surface area contributed by atoms with Gasteiger partial charge in [-0.3, -0.25) is 14.6 Å². The van der Waals surface area contributed by atoms with Gasteiger partial charge in [0.25, 0.3) is 5.91 Å². The minimum absolute atomic E-state index is 0.246. The van der Waals surface area contributed by atoms with Crippen molar-refractivity contribution in [3.05, 3.63) is 66.4 Å². The van der Waals surface area contributed by atoms with Crippen molar-refractivity contribution in [3.63, 3.8) is 0 Å². The van der Waals surface area contributed by atoms with E-state index in [0.717, 1.165) is 16.5 Å². The number of fused-ring (bicyclic) bond motifs is 1. The maximum Gasteiger partial charge on any atom is 0.331 e. The second-order valence-electron chi connectivity index (χ2n) is 6.51. The van der Waals surface area contributed by atoms with Crippen molar-refractivity contribution in [1.82, 2.24) is 4.98 Å². The molecule has 8 heteroatoms. The summed E-state index contributed by atoms with van der Waals surface area (Å²) in [5.41, 5.74) is 2.36. The number of benzene rings is 2. The molecule has 0 saturated carbocycles. The molecule has 1 aromatic heterocycles. The summed E-state index contributed by atoms with van der Waals surface area (Å²) in [7, 11) is 1.45. The first kappa shape index (κ1) is 21.5. The summed E-state index contributed by atoms with van der Waals surface area (Å²) in [6.07, 6.45) is 4.52. The molecule has 0 aliphatic heterocycles. The third-order valence-corrected chi connectivity index (χ3v) is 4.20. The Balaban J connectivity index is 1.60. The number of pyridine rings is 1. The van der Waals surface area contributed by atoms with Crippen molar-refractivity contribution in [3.8, 4) is 5.75 Å². The van der Waals surface area contributed by atoms with E-state index in [1.807, 2.05) is 30.3 Å². The molecule has 158 valence electrons. The van der Waals surface area contributed by atoms with E-state index < -0.39 is 18.5 Å². The Bertz CT molecular complexity index is 1150. The Morgan fingerprint density at radius 1 is 1.06 bits per heavy atom. The van der Waals surface area contributed by atoms with Gasteiger partial charge in [-0.15, -0.1) is 0 Å². The highest BCUT2D eigenvalue weighted by molar-refractivity contribution is 5.98. The number of aromatic nitrogens is 1. The minimum atomic E-state index is -0.665. The molecule has 0 bridgehead atoms. The van der Waals surface area contributed by atoms with E-state index in [4.69, 9.17) is 9.47 Å². The molecule has 0 saturated heterocycles. The highest BCUT2D eigenvalue weighted by Crippen LogP contribution is 2.27. The molecular weight excluding hydrogens is 398 g/mol. The number of para-hydroxylation sites is 1. The van der Waals surface area contributed by atoms with E-state index in [1.54, 1.807) is 30.5 Å². The Morgan fingerprint density at radius 2 is 1.87 bits per heavy atom. The molecule has 1 heterocycles. The van der Waals surface area contributed by atoms with Gasteiger partial charge in [0.15, 0.2) is 6.61 Å². The average Bonchev–Trinajstić information content (AvgIpc) is 2.76. The smallest absolute Gasteiger partial charge is 0.331 e. The van der Waals surface area contributed by atoms with Gasteiger partial charge in [-0.2, -0.15) is 0 Å². The number of carbonyl (C=O) groups is 3. The summed E-state index contributed by atoms with van der Waals surface area (Å²) in [6, 6.07) is 14.2. The zero-order chi connectivity index (χ0) is 22.2. The molecule has 0 atom stereocenters. The van der Waals surface area contributed by atoms with Gasteiger partial charge in [-0.1, -0.05) is 24.3 Å². The molecule has 31 heavy (non-hydrogen) atoms. The number of nitrogens with one attached hydrogen (secondary N) is 2. The van der Waals surface area contributed by atoms with Crippen molar-refractivity contribution < 1.29 is 23.9 Å². The summed E-state index contributed by atoms with van der Waals surface area (Å²) in [4.78, 5) is 39.8. The Hall–Kier alpha value is -4.20. The number of hydrogen-bond acceptors (Lipinski definition) is 6. The Morgan fingerprint density at radius 3 is 2.65 bits per heavy atom. The van der Waals surface area contributed by atoms with Crippen molar-refractivity contribution in [2.75, 3.05) is 24.4 Å². The van der Waals surface area contributed by atoms with Gasteiger partial charge >= 0.3 is 5.97 Å². The molecule has 0 radical (unpaired) electrons. The fraction of sp³-hybridized carbons (Fsp3) is 0.130. The molecule has 8 nitrogen and oxygen atoms in total. The minimum Gasteiger partial charge on any atom is -0.495 e. The maximum absolute atomic E-state index is 12.2.